The number of rotatable bonds is 11. The largest absolute Gasteiger partial charge is 0.397 e. The number of amides is 3. The van der Waals surface area contributed by atoms with E-state index < -0.39 is 0 Å². The molecule has 3 aromatic carbocycles. The van der Waals surface area contributed by atoms with E-state index in [1.54, 1.807) is 6.92 Å². The maximum Gasteiger partial charge on any atom is 0.252 e. The minimum atomic E-state index is -0.362. The van der Waals surface area contributed by atoms with Gasteiger partial charge in [0.05, 0.1) is 29.1 Å². The number of nitrogens with two attached hydrogens (primary N) is 5. The van der Waals surface area contributed by atoms with Crippen LogP contribution in [0.4, 0.5) is 52.0 Å². The Labute approximate surface area is 517 Å². The summed E-state index contributed by atoms with van der Waals surface area (Å²) in [6.07, 6.45) is 21.9. The Hall–Kier alpha value is -8.52. The lowest BCUT2D eigenvalue weighted by Gasteiger charge is -2.36. The van der Waals surface area contributed by atoms with Crippen molar-refractivity contribution in [3.8, 4) is 6.07 Å². The zero-order valence-corrected chi connectivity index (χ0v) is 51.5. The zero-order valence-electron chi connectivity index (χ0n) is 51.5. The van der Waals surface area contributed by atoms with E-state index in [0.717, 1.165) is 178 Å². The van der Waals surface area contributed by atoms with E-state index in [-0.39, 0.29) is 54.8 Å². The van der Waals surface area contributed by atoms with Crippen LogP contribution >= 0.6 is 0 Å². The molecular formula is C66H90N18O4. The summed E-state index contributed by atoms with van der Waals surface area (Å²) in [6, 6.07) is 8.28. The van der Waals surface area contributed by atoms with Gasteiger partial charge in [-0.1, -0.05) is 65.2 Å². The highest BCUT2D eigenvalue weighted by molar-refractivity contribution is 6.04. The lowest BCUT2D eigenvalue weighted by molar-refractivity contribution is 0.0900. The lowest BCUT2D eigenvalue weighted by Crippen LogP contribution is -2.41. The molecule has 17 N–H and O–H groups in total. The van der Waals surface area contributed by atoms with Crippen molar-refractivity contribution in [2.45, 2.75) is 188 Å². The minimum Gasteiger partial charge on any atom is -0.397 e. The number of nitrogens with one attached hydrogen (secondary N) is 6. The SMILES string of the molecule is C.CCO.Cc1cc(Nc2ncnc(N)c2C)c(CC#N)c2c1C(=O)NC21CCCCC1.Cc1cc(Nc2ncnc(N)c2C)c(CCN)c2c1C(=O)NC21CCCCC1.Cc1cc(Nc2ncnc(N)c2C)c(CCN)c2c1C(=O)NC21CCCCC1. The molecule has 0 atom stereocenters. The normalized spacial score (nSPS) is 16.8. The van der Waals surface area contributed by atoms with Crippen molar-refractivity contribution in [1.82, 2.24) is 45.9 Å². The highest BCUT2D eigenvalue weighted by Crippen LogP contribution is 2.51. The molecule has 12 rings (SSSR count). The number of carbonyl (C=O) groups is 3. The van der Waals surface area contributed by atoms with Crippen LogP contribution in [0.5, 0.6) is 0 Å². The van der Waals surface area contributed by atoms with Crippen molar-refractivity contribution in [3.05, 3.63) is 121 Å². The molecule has 0 bridgehead atoms. The predicted octanol–water partition coefficient (Wildman–Crippen LogP) is 9.67. The van der Waals surface area contributed by atoms with Gasteiger partial charge in [0, 0.05) is 57.0 Å². The smallest absolute Gasteiger partial charge is 0.252 e. The summed E-state index contributed by atoms with van der Waals surface area (Å²) in [4.78, 5) is 63.7. The molecular weight excluding hydrogens is 1110 g/mol. The summed E-state index contributed by atoms with van der Waals surface area (Å²) in [5, 5.41) is 37.3. The fourth-order valence-corrected chi connectivity index (χ4v) is 14.2. The summed E-state index contributed by atoms with van der Waals surface area (Å²) >= 11 is 0. The van der Waals surface area contributed by atoms with Crippen LogP contribution in [0.25, 0.3) is 0 Å². The molecule has 3 fully saturated rings. The fourth-order valence-electron chi connectivity index (χ4n) is 14.2. The van der Waals surface area contributed by atoms with Gasteiger partial charge in [-0.05, 0) is 181 Å². The van der Waals surface area contributed by atoms with Crippen molar-refractivity contribution < 1.29 is 19.5 Å². The predicted molar refractivity (Wildman–Crippen MR) is 348 cm³/mol. The maximum absolute atomic E-state index is 12.9. The fraction of sp³-hybridized carbons (Fsp3) is 0.485. The first kappa shape index (κ1) is 65.5. The monoisotopic (exact) mass is 1200 g/mol. The average Bonchev–Trinajstić information content (AvgIpc) is 2.37. The number of hydrogen-bond donors (Lipinski definition) is 12. The number of benzene rings is 3. The first-order valence-electron chi connectivity index (χ1n) is 30.7. The van der Waals surface area contributed by atoms with Gasteiger partial charge in [-0.2, -0.15) is 5.26 Å². The van der Waals surface area contributed by atoms with Gasteiger partial charge in [0.25, 0.3) is 17.7 Å². The number of anilines is 9. The van der Waals surface area contributed by atoms with Crippen LogP contribution < -0.4 is 60.6 Å². The molecule has 0 unspecified atom stereocenters. The van der Waals surface area contributed by atoms with Gasteiger partial charge in [0.2, 0.25) is 0 Å². The molecule has 22 heteroatoms. The first-order valence-corrected chi connectivity index (χ1v) is 30.7. The van der Waals surface area contributed by atoms with E-state index in [1.807, 2.05) is 59.7 Å². The van der Waals surface area contributed by atoms with Gasteiger partial charge in [0.15, 0.2) is 0 Å². The summed E-state index contributed by atoms with van der Waals surface area (Å²) in [5.74, 6) is 3.36. The van der Waals surface area contributed by atoms with Crippen LogP contribution in [0.2, 0.25) is 0 Å². The standard InChI is InChI=1S/2C21H28N6O.C21H24N6O.C2H6O.CH4/c3*1-12-10-15(26-19-13(2)18(23)24-11-25-19)14(6-9-22)17-16(12)20(28)27-21(17)7-4-3-5-8-21;1-2-3;/h2*10-11H,3-9,22H2,1-2H3,(H,27,28)(H3,23,24,25,26);10-11H,3-8H2,1-2H3,(H,27,28)(H3,23,24,25,26);3H,2H2,1H3;1H4. The van der Waals surface area contributed by atoms with Crippen molar-refractivity contribution in [3.63, 3.8) is 0 Å². The second kappa shape index (κ2) is 27.7. The van der Waals surface area contributed by atoms with Gasteiger partial charge in [-0.3, -0.25) is 14.4 Å². The second-order valence-corrected chi connectivity index (χ2v) is 24.0. The Kier molecular flexibility index (Phi) is 20.6. The van der Waals surface area contributed by atoms with E-state index in [9.17, 15) is 19.6 Å². The number of aliphatic hydroxyl groups excluding tert-OH is 1. The third-order valence-corrected chi connectivity index (χ3v) is 18.4. The second-order valence-electron chi connectivity index (χ2n) is 24.0. The Morgan fingerprint density at radius 2 is 0.773 bits per heavy atom. The van der Waals surface area contributed by atoms with Crippen LogP contribution in [0.1, 0.15) is 208 Å². The summed E-state index contributed by atoms with van der Waals surface area (Å²) < 4.78 is 0. The number of hydrogen-bond acceptors (Lipinski definition) is 19. The number of nitrogens with zero attached hydrogens (tertiary/aromatic N) is 7. The highest BCUT2D eigenvalue weighted by Gasteiger charge is 2.49. The van der Waals surface area contributed by atoms with Crippen LogP contribution in [-0.4, -0.2) is 72.4 Å². The number of aromatic nitrogens is 6. The lowest BCUT2D eigenvalue weighted by atomic mass is 9.74. The van der Waals surface area contributed by atoms with Crippen LogP contribution in [0, 0.1) is 52.9 Å². The van der Waals surface area contributed by atoms with Crippen LogP contribution in [-0.2, 0) is 35.9 Å². The molecule has 3 spiro atoms. The van der Waals surface area contributed by atoms with Gasteiger partial charge < -0.3 is 65.7 Å². The Bertz CT molecular complexity index is 3480. The number of carbonyl (C=O) groups excluding carboxylic acids is 3. The maximum atomic E-state index is 12.9. The van der Waals surface area contributed by atoms with Crippen LogP contribution in [0.15, 0.2) is 37.2 Å². The van der Waals surface area contributed by atoms with E-state index in [0.29, 0.717) is 60.8 Å². The molecule has 3 aromatic heterocycles. The molecule has 3 amide bonds. The number of fused-ring (bicyclic) bond motifs is 6. The molecule has 6 aliphatic rings. The molecule has 0 radical (unpaired) electrons. The third-order valence-electron chi connectivity index (χ3n) is 18.4. The molecule has 22 nitrogen and oxygen atoms in total. The topological polar surface area (TPSA) is 375 Å². The minimum absolute atomic E-state index is 0. The van der Waals surface area contributed by atoms with Crippen molar-refractivity contribution in [2.75, 3.05) is 52.8 Å². The summed E-state index contributed by atoms with van der Waals surface area (Å²) in [6.45, 7) is 14.6. The molecule has 3 aliphatic heterocycles. The third kappa shape index (κ3) is 12.6. The number of nitrogen functional groups attached to an aromatic ring is 3. The first-order chi connectivity index (χ1) is 41.8. The number of aliphatic hydroxyl groups is 1. The van der Waals surface area contributed by atoms with Crippen molar-refractivity contribution >= 4 is 69.7 Å². The zero-order chi connectivity index (χ0) is 62.4. The van der Waals surface area contributed by atoms with Crippen molar-refractivity contribution in [2.24, 2.45) is 11.5 Å². The van der Waals surface area contributed by atoms with E-state index in [1.165, 1.54) is 38.2 Å². The summed E-state index contributed by atoms with van der Waals surface area (Å²) in [5.41, 5.74) is 45.6. The molecule has 0 saturated heterocycles. The van der Waals surface area contributed by atoms with Crippen molar-refractivity contribution in [1.29, 1.82) is 5.26 Å². The number of aryl methyl sites for hydroxylation is 3. The average molecular weight is 1200 g/mol. The van der Waals surface area contributed by atoms with Gasteiger partial charge in [0.1, 0.15) is 53.9 Å². The molecule has 3 saturated carbocycles. The molecule has 88 heavy (non-hydrogen) atoms. The quantitative estimate of drug-likeness (QED) is 0.0574. The molecule has 6 aromatic rings. The van der Waals surface area contributed by atoms with E-state index in [4.69, 9.17) is 33.8 Å². The van der Waals surface area contributed by atoms with Gasteiger partial charge in [-0.15, -0.1) is 0 Å². The van der Waals surface area contributed by atoms with Gasteiger partial charge in [-0.25, -0.2) is 29.9 Å². The molecule has 3 aliphatic carbocycles. The van der Waals surface area contributed by atoms with Crippen LogP contribution in [0.3, 0.4) is 0 Å². The molecule has 6 heterocycles. The van der Waals surface area contributed by atoms with E-state index in [2.05, 4.69) is 67.9 Å². The molecule has 468 valence electrons. The number of nitriles is 1. The highest BCUT2D eigenvalue weighted by atomic mass is 16.2. The summed E-state index contributed by atoms with van der Waals surface area (Å²) in [7, 11) is 0. The van der Waals surface area contributed by atoms with Gasteiger partial charge >= 0.3 is 0 Å². The Morgan fingerprint density at radius 1 is 0.500 bits per heavy atom. The Balaban J connectivity index is 0.000000166. The van der Waals surface area contributed by atoms with E-state index >= 15 is 0 Å². The Morgan fingerprint density at radius 3 is 1.05 bits per heavy atom.